The van der Waals surface area contributed by atoms with Crippen LogP contribution in [0, 0.1) is 0 Å². The lowest BCUT2D eigenvalue weighted by molar-refractivity contribution is -0.150. The van der Waals surface area contributed by atoms with Crippen molar-refractivity contribution >= 4 is 11.9 Å². The molecule has 0 bridgehead atoms. The molecular weight excluding hydrogens is 210 g/mol. The fourth-order valence-corrected chi connectivity index (χ4v) is 2.19. The van der Waals surface area contributed by atoms with Gasteiger partial charge < -0.3 is 19.9 Å². The number of amides is 3. The van der Waals surface area contributed by atoms with Crippen molar-refractivity contribution in [1.82, 2.24) is 15.1 Å². The molecule has 0 spiro atoms. The summed E-state index contributed by atoms with van der Waals surface area (Å²) in [6, 6.07) is -0.0785. The van der Waals surface area contributed by atoms with Gasteiger partial charge in [0.25, 0.3) is 0 Å². The molecule has 0 saturated carbocycles. The summed E-state index contributed by atoms with van der Waals surface area (Å²) in [5.74, 6) is -0.0148. The van der Waals surface area contributed by atoms with E-state index in [1.54, 1.807) is 16.8 Å². The molecule has 3 amide bonds. The van der Waals surface area contributed by atoms with Gasteiger partial charge in [-0.3, -0.25) is 4.79 Å². The molecular formula is C10H17N3O3. The molecule has 90 valence electrons. The molecule has 6 heteroatoms. The fourth-order valence-electron chi connectivity index (χ4n) is 2.19. The Hall–Kier alpha value is -1.30. The summed E-state index contributed by atoms with van der Waals surface area (Å²) >= 11 is 0. The van der Waals surface area contributed by atoms with E-state index < -0.39 is 0 Å². The first-order valence-electron chi connectivity index (χ1n) is 5.53. The van der Waals surface area contributed by atoms with E-state index in [1.807, 2.05) is 6.92 Å². The minimum Gasteiger partial charge on any atom is -0.364 e. The molecule has 0 aromatic carbocycles. The summed E-state index contributed by atoms with van der Waals surface area (Å²) in [5, 5.41) is 2.75. The molecule has 2 saturated heterocycles. The van der Waals surface area contributed by atoms with E-state index in [0.717, 1.165) is 0 Å². The van der Waals surface area contributed by atoms with E-state index in [1.165, 1.54) is 0 Å². The monoisotopic (exact) mass is 227 g/mol. The number of urea groups is 1. The maximum Gasteiger partial charge on any atom is 0.317 e. The highest BCUT2D eigenvalue weighted by Gasteiger charge is 2.42. The lowest BCUT2D eigenvalue weighted by atomic mass is 10.1. The van der Waals surface area contributed by atoms with Gasteiger partial charge in [-0.2, -0.15) is 0 Å². The second kappa shape index (κ2) is 4.29. The zero-order valence-corrected chi connectivity index (χ0v) is 9.60. The van der Waals surface area contributed by atoms with Crippen LogP contribution in [0.1, 0.15) is 6.92 Å². The minimum atomic E-state index is -0.0821. The van der Waals surface area contributed by atoms with E-state index >= 15 is 0 Å². The lowest BCUT2D eigenvalue weighted by Crippen LogP contribution is -2.51. The van der Waals surface area contributed by atoms with Crippen molar-refractivity contribution in [3.05, 3.63) is 0 Å². The third-order valence-corrected chi connectivity index (χ3v) is 3.16. The number of nitrogens with one attached hydrogen (secondary N) is 1. The number of morpholine rings is 1. The van der Waals surface area contributed by atoms with Gasteiger partial charge in [-0.1, -0.05) is 0 Å². The van der Waals surface area contributed by atoms with Crippen LogP contribution in [0.15, 0.2) is 0 Å². The number of ether oxygens (including phenoxy) is 1. The van der Waals surface area contributed by atoms with E-state index in [0.29, 0.717) is 19.6 Å². The van der Waals surface area contributed by atoms with Gasteiger partial charge in [-0.25, -0.2) is 4.79 Å². The van der Waals surface area contributed by atoms with Crippen LogP contribution in [0.3, 0.4) is 0 Å². The van der Waals surface area contributed by atoms with E-state index in [4.69, 9.17) is 4.74 Å². The van der Waals surface area contributed by atoms with E-state index in [9.17, 15) is 9.59 Å². The summed E-state index contributed by atoms with van der Waals surface area (Å²) in [6.45, 7) is 3.74. The minimum absolute atomic E-state index is 0.00357. The Morgan fingerprint density at radius 2 is 2.31 bits per heavy atom. The Kier molecular flexibility index (Phi) is 3.00. The summed E-state index contributed by atoms with van der Waals surface area (Å²) < 4.78 is 5.43. The van der Waals surface area contributed by atoms with Gasteiger partial charge in [0.2, 0.25) is 5.91 Å². The van der Waals surface area contributed by atoms with Crippen molar-refractivity contribution < 1.29 is 14.3 Å². The van der Waals surface area contributed by atoms with Crippen molar-refractivity contribution in [3.63, 3.8) is 0 Å². The second-order valence-corrected chi connectivity index (χ2v) is 4.16. The summed E-state index contributed by atoms with van der Waals surface area (Å²) in [7, 11) is 1.77. The van der Waals surface area contributed by atoms with Gasteiger partial charge in [-0.05, 0) is 6.92 Å². The predicted octanol–water partition coefficient (Wildman–Crippen LogP) is -0.743. The van der Waals surface area contributed by atoms with Crippen LogP contribution in [-0.2, 0) is 9.53 Å². The van der Waals surface area contributed by atoms with Crippen LogP contribution >= 0.6 is 0 Å². The van der Waals surface area contributed by atoms with Crippen LogP contribution in [0.4, 0.5) is 4.79 Å². The molecule has 2 aliphatic heterocycles. The molecule has 6 nitrogen and oxygen atoms in total. The highest BCUT2D eigenvalue weighted by Crippen LogP contribution is 2.22. The Labute approximate surface area is 94.5 Å². The Bertz CT molecular complexity index is 308. The number of hydrogen-bond acceptors (Lipinski definition) is 3. The van der Waals surface area contributed by atoms with Gasteiger partial charge in [0.05, 0.1) is 18.7 Å². The number of carbonyl (C=O) groups excluding carboxylic acids is 2. The molecule has 0 aromatic rings. The largest absolute Gasteiger partial charge is 0.364 e. The molecule has 0 aromatic heterocycles. The van der Waals surface area contributed by atoms with Crippen molar-refractivity contribution in [3.8, 4) is 0 Å². The Balaban J connectivity index is 2.00. The zero-order chi connectivity index (χ0) is 11.7. The summed E-state index contributed by atoms with van der Waals surface area (Å²) in [4.78, 5) is 26.4. The predicted molar refractivity (Wildman–Crippen MR) is 56.9 cm³/mol. The van der Waals surface area contributed by atoms with Crippen molar-refractivity contribution in [1.29, 1.82) is 0 Å². The maximum absolute atomic E-state index is 11.6. The number of hydrogen-bond donors (Lipinski definition) is 1. The van der Waals surface area contributed by atoms with Crippen molar-refractivity contribution in [2.75, 3.05) is 33.3 Å². The first kappa shape index (κ1) is 11.2. The lowest BCUT2D eigenvalue weighted by Gasteiger charge is -2.33. The molecule has 2 aliphatic rings. The molecule has 2 unspecified atom stereocenters. The first-order valence-corrected chi connectivity index (χ1v) is 5.53. The molecule has 2 atom stereocenters. The van der Waals surface area contributed by atoms with Crippen molar-refractivity contribution in [2.45, 2.75) is 19.1 Å². The Morgan fingerprint density at radius 1 is 1.56 bits per heavy atom. The standard InChI is InChI=1S/C10H17N3O3/c1-3-11-10(15)13-4-7-8(5-13)16-6-9(14)12(7)2/h7-8H,3-6H2,1-2H3,(H,11,15). The van der Waals surface area contributed by atoms with E-state index in [-0.39, 0.29) is 30.7 Å². The van der Waals surface area contributed by atoms with Gasteiger partial charge in [-0.15, -0.1) is 0 Å². The smallest absolute Gasteiger partial charge is 0.317 e. The van der Waals surface area contributed by atoms with Gasteiger partial charge in [0.1, 0.15) is 6.61 Å². The Morgan fingerprint density at radius 3 is 3.00 bits per heavy atom. The third-order valence-electron chi connectivity index (χ3n) is 3.16. The number of carbonyl (C=O) groups is 2. The summed E-state index contributed by atoms with van der Waals surface area (Å²) in [6.07, 6.45) is -0.0368. The zero-order valence-electron chi connectivity index (χ0n) is 9.60. The van der Waals surface area contributed by atoms with Crippen molar-refractivity contribution in [2.24, 2.45) is 0 Å². The third kappa shape index (κ3) is 1.84. The summed E-state index contributed by atoms with van der Waals surface area (Å²) in [5.41, 5.74) is 0. The van der Waals surface area contributed by atoms with E-state index in [2.05, 4.69) is 5.32 Å². The van der Waals surface area contributed by atoms with Crippen LogP contribution in [0.5, 0.6) is 0 Å². The molecule has 0 radical (unpaired) electrons. The quantitative estimate of drug-likeness (QED) is 0.641. The SMILES string of the molecule is CCNC(=O)N1CC2OCC(=O)N(C)C2C1. The highest BCUT2D eigenvalue weighted by atomic mass is 16.5. The van der Waals surface area contributed by atoms with Gasteiger partial charge in [0.15, 0.2) is 0 Å². The van der Waals surface area contributed by atoms with Gasteiger partial charge >= 0.3 is 6.03 Å². The average molecular weight is 227 g/mol. The highest BCUT2D eigenvalue weighted by molar-refractivity contribution is 5.79. The average Bonchev–Trinajstić information content (AvgIpc) is 2.69. The fraction of sp³-hybridized carbons (Fsp3) is 0.800. The number of likely N-dealkylation sites (N-methyl/N-ethyl adjacent to an activating group) is 1. The maximum atomic E-state index is 11.6. The topological polar surface area (TPSA) is 61.9 Å². The number of rotatable bonds is 1. The molecule has 2 heterocycles. The van der Waals surface area contributed by atoms with Crippen LogP contribution < -0.4 is 5.32 Å². The first-order chi connectivity index (χ1) is 7.63. The molecule has 1 N–H and O–H groups in total. The van der Waals surface area contributed by atoms with Crippen LogP contribution in [0.25, 0.3) is 0 Å². The molecule has 0 aliphatic carbocycles. The molecule has 2 fully saturated rings. The normalized spacial score (nSPS) is 29.2. The van der Waals surface area contributed by atoms with Crippen LogP contribution in [-0.4, -0.2) is 67.2 Å². The number of nitrogens with zero attached hydrogens (tertiary/aromatic N) is 2. The second-order valence-electron chi connectivity index (χ2n) is 4.16. The number of likely N-dealkylation sites (tertiary alicyclic amines) is 1. The van der Waals surface area contributed by atoms with Crippen LogP contribution in [0.2, 0.25) is 0 Å². The number of fused-ring (bicyclic) bond motifs is 1. The molecule has 16 heavy (non-hydrogen) atoms. The van der Waals surface area contributed by atoms with Gasteiger partial charge in [0, 0.05) is 20.1 Å². The molecule has 2 rings (SSSR count).